The molecule has 4 aromatic carbocycles. The predicted octanol–water partition coefficient (Wildman–Crippen LogP) is 7.25. The zero-order chi connectivity index (χ0) is 35.8. The molecule has 7 rings (SSSR count). The van der Waals surface area contributed by atoms with Crippen LogP contribution in [-0.4, -0.2) is 50.2 Å². The number of hydrogen-bond acceptors (Lipinski definition) is 11. The van der Waals surface area contributed by atoms with Gasteiger partial charge in [-0.25, -0.2) is 0 Å². The smallest absolute Gasteiger partial charge is 0.231 e. The van der Waals surface area contributed by atoms with Gasteiger partial charge in [-0.1, -0.05) is 38.1 Å². The molecule has 1 fully saturated rings. The molecule has 51 heavy (non-hydrogen) atoms. The Morgan fingerprint density at radius 3 is 1.37 bits per heavy atom. The molecule has 11 nitrogen and oxygen atoms in total. The summed E-state index contributed by atoms with van der Waals surface area (Å²) >= 11 is 0. The lowest BCUT2D eigenvalue weighted by Gasteiger charge is -2.24. The first-order valence-corrected chi connectivity index (χ1v) is 17.1. The fraction of sp³-hybridized carbons (Fsp3) is 0.400. The van der Waals surface area contributed by atoms with Crippen molar-refractivity contribution in [2.45, 2.75) is 64.3 Å². The highest BCUT2D eigenvalue weighted by Crippen LogP contribution is 2.51. The van der Waals surface area contributed by atoms with Crippen molar-refractivity contribution >= 4 is 0 Å². The highest BCUT2D eigenvalue weighted by molar-refractivity contribution is 5.48. The normalized spacial score (nSPS) is 22.6. The molecule has 1 saturated heterocycles. The molecule has 0 aromatic heterocycles. The van der Waals surface area contributed by atoms with Crippen molar-refractivity contribution in [2.75, 3.05) is 27.8 Å². The molecule has 3 aliphatic heterocycles. The summed E-state index contributed by atoms with van der Waals surface area (Å²) in [5.41, 5.74) is 3.26. The van der Waals surface area contributed by atoms with Crippen molar-refractivity contribution < 1.29 is 52.8 Å². The van der Waals surface area contributed by atoms with Gasteiger partial charge in [-0.15, -0.1) is 0 Å². The van der Waals surface area contributed by atoms with Crippen molar-refractivity contribution in [1.82, 2.24) is 0 Å². The van der Waals surface area contributed by atoms with Crippen LogP contribution in [-0.2, 0) is 4.74 Å². The monoisotopic (exact) mass is 700 g/mol. The molecule has 0 spiro atoms. The first-order valence-electron chi connectivity index (χ1n) is 17.1. The SMILES string of the molecule is COc1cc([C@@H]2O[C@@H](c3ccc(O[C@H](C)[C@H](O)c4ccc5c(c4)OCO5)c(OC)c3)[C@@H](C)[C@@H]2C)ccc1O[C@H](C)[C@H](O)c1ccc2c(c1)OCO2. The van der Waals surface area contributed by atoms with E-state index in [2.05, 4.69) is 13.8 Å². The second-order valence-corrected chi connectivity index (χ2v) is 13.3. The lowest BCUT2D eigenvalue weighted by molar-refractivity contribution is 0.0281. The van der Waals surface area contributed by atoms with Gasteiger partial charge in [0, 0.05) is 0 Å². The first kappa shape index (κ1) is 34.6. The Hall–Kier alpha value is -4.84. The van der Waals surface area contributed by atoms with E-state index in [1.165, 1.54) is 0 Å². The number of methoxy groups -OCH3 is 2. The van der Waals surface area contributed by atoms with E-state index in [1.54, 1.807) is 50.6 Å². The van der Waals surface area contributed by atoms with Crippen LogP contribution in [0.25, 0.3) is 0 Å². The molecule has 0 amide bonds. The molecule has 0 unspecified atom stereocenters. The van der Waals surface area contributed by atoms with Gasteiger partial charge in [0.1, 0.15) is 24.4 Å². The summed E-state index contributed by atoms with van der Waals surface area (Å²) in [5.74, 6) is 4.99. The summed E-state index contributed by atoms with van der Waals surface area (Å²) in [6.45, 7) is 8.32. The lowest BCUT2D eigenvalue weighted by atomic mass is 9.85. The Balaban J connectivity index is 1.03. The Labute approximate surface area is 297 Å². The van der Waals surface area contributed by atoms with Crippen LogP contribution in [0.1, 0.15) is 74.4 Å². The average Bonchev–Trinajstić information content (AvgIpc) is 3.90. The van der Waals surface area contributed by atoms with E-state index in [4.69, 9.17) is 42.6 Å². The number of rotatable bonds is 12. The van der Waals surface area contributed by atoms with Gasteiger partial charge in [-0.05, 0) is 96.5 Å². The Morgan fingerprint density at radius 2 is 0.961 bits per heavy atom. The topological polar surface area (TPSA) is 124 Å². The van der Waals surface area contributed by atoms with Crippen molar-refractivity contribution in [1.29, 1.82) is 0 Å². The minimum atomic E-state index is -0.902. The Kier molecular flexibility index (Phi) is 9.78. The van der Waals surface area contributed by atoms with Gasteiger partial charge in [0.05, 0.1) is 26.4 Å². The zero-order valence-corrected chi connectivity index (χ0v) is 29.5. The maximum absolute atomic E-state index is 11.1. The minimum Gasteiger partial charge on any atom is -0.493 e. The van der Waals surface area contributed by atoms with E-state index in [1.807, 2.05) is 50.2 Å². The van der Waals surface area contributed by atoms with Crippen LogP contribution in [0.4, 0.5) is 0 Å². The summed E-state index contributed by atoms with van der Waals surface area (Å²) in [5, 5.41) is 22.1. The summed E-state index contributed by atoms with van der Waals surface area (Å²) in [7, 11) is 3.19. The van der Waals surface area contributed by atoms with E-state index < -0.39 is 24.4 Å². The maximum Gasteiger partial charge on any atom is 0.231 e. The van der Waals surface area contributed by atoms with Crippen LogP contribution in [0.3, 0.4) is 0 Å². The van der Waals surface area contributed by atoms with Gasteiger partial charge in [0.2, 0.25) is 13.6 Å². The number of fused-ring (bicyclic) bond motifs is 2. The van der Waals surface area contributed by atoms with E-state index in [0.717, 1.165) is 11.1 Å². The van der Waals surface area contributed by atoms with Crippen LogP contribution in [0.5, 0.6) is 46.0 Å². The van der Waals surface area contributed by atoms with Gasteiger partial charge < -0.3 is 52.8 Å². The van der Waals surface area contributed by atoms with Crippen molar-refractivity contribution in [3.8, 4) is 46.0 Å². The molecule has 0 saturated carbocycles. The molecule has 270 valence electrons. The fourth-order valence-corrected chi connectivity index (χ4v) is 6.90. The fourth-order valence-electron chi connectivity index (χ4n) is 6.90. The van der Waals surface area contributed by atoms with Crippen LogP contribution >= 0.6 is 0 Å². The third-order valence-electron chi connectivity index (χ3n) is 10.1. The van der Waals surface area contributed by atoms with E-state index in [9.17, 15) is 10.2 Å². The molecule has 11 heteroatoms. The molecule has 3 heterocycles. The van der Waals surface area contributed by atoms with Crippen molar-refractivity contribution in [3.63, 3.8) is 0 Å². The summed E-state index contributed by atoms with van der Waals surface area (Å²) < 4.78 is 52.4. The minimum absolute atomic E-state index is 0.165. The van der Waals surface area contributed by atoms with Crippen LogP contribution in [0.15, 0.2) is 72.8 Å². The Bertz CT molecular complexity index is 1730. The number of benzene rings is 4. The molecule has 8 atom stereocenters. The maximum atomic E-state index is 11.1. The molecule has 0 radical (unpaired) electrons. The second kappa shape index (κ2) is 14.4. The van der Waals surface area contributed by atoms with E-state index >= 15 is 0 Å². The van der Waals surface area contributed by atoms with Gasteiger partial charge in [0.15, 0.2) is 46.0 Å². The van der Waals surface area contributed by atoms with E-state index in [-0.39, 0.29) is 37.6 Å². The summed E-state index contributed by atoms with van der Waals surface area (Å²) in [6.07, 6.45) is -3.37. The van der Waals surface area contributed by atoms with Crippen LogP contribution in [0.2, 0.25) is 0 Å². The third-order valence-corrected chi connectivity index (χ3v) is 10.1. The summed E-state index contributed by atoms with van der Waals surface area (Å²) in [6, 6.07) is 22.3. The van der Waals surface area contributed by atoms with Crippen LogP contribution < -0.4 is 37.9 Å². The predicted molar refractivity (Wildman–Crippen MR) is 186 cm³/mol. The number of hydrogen-bond donors (Lipinski definition) is 2. The first-order chi connectivity index (χ1) is 24.6. The van der Waals surface area contributed by atoms with Crippen molar-refractivity contribution in [3.05, 3.63) is 95.1 Å². The van der Waals surface area contributed by atoms with Gasteiger partial charge in [-0.3, -0.25) is 0 Å². The highest BCUT2D eigenvalue weighted by Gasteiger charge is 2.41. The van der Waals surface area contributed by atoms with Crippen molar-refractivity contribution in [2.24, 2.45) is 11.8 Å². The zero-order valence-electron chi connectivity index (χ0n) is 29.5. The quantitative estimate of drug-likeness (QED) is 0.155. The molecular formula is C40H44O11. The average molecular weight is 701 g/mol. The number of ether oxygens (including phenoxy) is 9. The number of aliphatic hydroxyl groups excluding tert-OH is 2. The molecule has 4 aromatic rings. The van der Waals surface area contributed by atoms with E-state index in [0.29, 0.717) is 57.1 Å². The Morgan fingerprint density at radius 1 is 0.549 bits per heavy atom. The standard InChI is InChI=1S/C40H44O11/c1-21-22(2)40(28-10-14-32(34(18-28)44-6)50-24(4)38(42)26-8-12-30-36(16-26)48-20-46-30)51-39(21)27-9-13-31(33(17-27)43-5)49-23(3)37(41)25-7-11-29-35(15-25)47-19-45-29/h7-18,21-24,37-42H,19-20H2,1-6H3/t21-,22-,23+,24+,37-,38-,39+,40+/m0/s1. The molecule has 2 N–H and O–H groups in total. The van der Waals surface area contributed by atoms with Gasteiger partial charge in [-0.2, -0.15) is 0 Å². The molecule has 0 aliphatic carbocycles. The molecule has 3 aliphatic rings. The molecular weight excluding hydrogens is 656 g/mol. The summed E-state index contributed by atoms with van der Waals surface area (Å²) in [4.78, 5) is 0. The third kappa shape index (κ3) is 6.81. The number of aliphatic hydroxyl groups is 2. The lowest BCUT2D eigenvalue weighted by Crippen LogP contribution is -2.22. The second-order valence-electron chi connectivity index (χ2n) is 13.3. The van der Waals surface area contributed by atoms with Crippen LogP contribution in [0, 0.1) is 11.8 Å². The van der Waals surface area contributed by atoms with Gasteiger partial charge in [0.25, 0.3) is 0 Å². The van der Waals surface area contributed by atoms with Gasteiger partial charge >= 0.3 is 0 Å². The largest absolute Gasteiger partial charge is 0.493 e. The molecule has 0 bridgehead atoms. The highest BCUT2D eigenvalue weighted by atomic mass is 16.7.